The number of hydrogen-bond acceptors (Lipinski definition) is 3. The summed E-state index contributed by atoms with van der Waals surface area (Å²) in [5.41, 5.74) is 5.51. The Morgan fingerprint density at radius 1 is 1.33 bits per heavy atom. The van der Waals surface area contributed by atoms with Gasteiger partial charge < -0.3 is 15.9 Å². The molecule has 4 heteroatoms. The van der Waals surface area contributed by atoms with Gasteiger partial charge in [0.15, 0.2) is 0 Å². The van der Waals surface area contributed by atoms with Crippen LogP contribution in [0.3, 0.4) is 0 Å². The van der Waals surface area contributed by atoms with Crippen LogP contribution in [-0.2, 0) is 4.79 Å². The van der Waals surface area contributed by atoms with Gasteiger partial charge in [0.25, 0.3) is 0 Å². The van der Waals surface area contributed by atoms with Gasteiger partial charge in [-0.1, -0.05) is 12.8 Å². The molecule has 72 valence electrons. The lowest BCUT2D eigenvalue weighted by atomic mass is 10.1. The van der Waals surface area contributed by atoms with Gasteiger partial charge in [-0.05, 0) is 12.8 Å². The van der Waals surface area contributed by atoms with E-state index in [1.165, 1.54) is 0 Å². The Labute approximate surface area is 72.4 Å². The second kappa shape index (κ2) is 7.06. The molecule has 0 radical (unpaired) electrons. The lowest BCUT2D eigenvalue weighted by molar-refractivity contribution is -0.137. The van der Waals surface area contributed by atoms with E-state index in [0.29, 0.717) is 0 Å². The minimum atomic E-state index is -0.843. The molecule has 0 saturated heterocycles. The number of hydrogen-bond donors (Lipinski definition) is 3. The van der Waals surface area contributed by atoms with E-state index in [9.17, 15) is 4.79 Å². The Bertz CT molecular complexity index is 127. The molecule has 0 heterocycles. The molecule has 0 unspecified atom stereocenters. The predicted molar refractivity (Wildman–Crippen MR) is 45.8 cm³/mol. The van der Waals surface area contributed by atoms with Crippen molar-refractivity contribution in [3.05, 3.63) is 0 Å². The van der Waals surface area contributed by atoms with Crippen molar-refractivity contribution in [1.29, 1.82) is 0 Å². The molecule has 0 aromatic carbocycles. The fourth-order valence-electron chi connectivity index (χ4n) is 1.02. The standard InChI is InChI=1S/C8H17NO3/c9-7(6-8(11)12)4-2-1-3-5-10/h7,10H,1-6,9H2,(H,11,12)/t7-/m0/s1. The molecule has 12 heavy (non-hydrogen) atoms. The summed E-state index contributed by atoms with van der Waals surface area (Å²) in [4.78, 5) is 10.2. The molecule has 0 aliphatic heterocycles. The van der Waals surface area contributed by atoms with E-state index >= 15 is 0 Å². The van der Waals surface area contributed by atoms with Gasteiger partial charge in [-0.3, -0.25) is 4.79 Å². The van der Waals surface area contributed by atoms with Crippen LogP contribution >= 0.6 is 0 Å². The highest BCUT2D eigenvalue weighted by molar-refractivity contribution is 5.67. The highest BCUT2D eigenvalue weighted by Crippen LogP contribution is 2.04. The first-order valence-electron chi connectivity index (χ1n) is 4.25. The molecule has 0 fully saturated rings. The largest absolute Gasteiger partial charge is 0.481 e. The van der Waals surface area contributed by atoms with Gasteiger partial charge >= 0.3 is 5.97 Å². The molecule has 0 spiro atoms. The summed E-state index contributed by atoms with van der Waals surface area (Å²) >= 11 is 0. The summed E-state index contributed by atoms with van der Waals surface area (Å²) in [6.07, 6.45) is 3.37. The summed E-state index contributed by atoms with van der Waals surface area (Å²) in [5.74, 6) is -0.843. The molecule has 4 nitrogen and oxygen atoms in total. The minimum Gasteiger partial charge on any atom is -0.481 e. The monoisotopic (exact) mass is 175 g/mol. The maximum atomic E-state index is 10.2. The lowest BCUT2D eigenvalue weighted by Gasteiger charge is -2.07. The molecule has 0 aromatic rings. The van der Waals surface area contributed by atoms with E-state index < -0.39 is 5.97 Å². The van der Waals surface area contributed by atoms with Crippen molar-refractivity contribution in [2.45, 2.75) is 38.1 Å². The average Bonchev–Trinajstić information content (AvgIpc) is 1.97. The number of aliphatic hydroxyl groups is 1. The topological polar surface area (TPSA) is 83.5 Å². The van der Waals surface area contributed by atoms with Crippen LogP contribution in [0.25, 0.3) is 0 Å². The van der Waals surface area contributed by atoms with Crippen molar-refractivity contribution in [1.82, 2.24) is 0 Å². The molecule has 0 amide bonds. The molecular weight excluding hydrogens is 158 g/mol. The average molecular weight is 175 g/mol. The minimum absolute atomic E-state index is 0.0408. The molecule has 0 saturated carbocycles. The normalized spacial score (nSPS) is 12.8. The van der Waals surface area contributed by atoms with E-state index in [1.54, 1.807) is 0 Å². The first-order chi connectivity index (χ1) is 5.66. The van der Waals surface area contributed by atoms with Gasteiger partial charge in [0.05, 0.1) is 6.42 Å². The smallest absolute Gasteiger partial charge is 0.304 e. The number of carboxylic acids is 1. The summed E-state index contributed by atoms with van der Waals surface area (Å²) in [7, 11) is 0. The van der Waals surface area contributed by atoms with Gasteiger partial charge in [0.2, 0.25) is 0 Å². The summed E-state index contributed by atoms with van der Waals surface area (Å²) in [5, 5.41) is 16.8. The van der Waals surface area contributed by atoms with Gasteiger partial charge in [-0.15, -0.1) is 0 Å². The molecule has 0 aliphatic carbocycles. The number of aliphatic carboxylic acids is 1. The molecular formula is C8H17NO3. The molecule has 1 atom stereocenters. The third-order valence-corrected chi connectivity index (χ3v) is 1.67. The summed E-state index contributed by atoms with van der Waals surface area (Å²) in [6.45, 7) is 0.203. The maximum Gasteiger partial charge on any atom is 0.304 e. The first kappa shape index (κ1) is 11.4. The van der Waals surface area contributed by atoms with Crippen LogP contribution in [-0.4, -0.2) is 28.8 Å². The maximum absolute atomic E-state index is 10.2. The molecule has 0 bridgehead atoms. The number of aliphatic hydroxyl groups excluding tert-OH is 1. The third-order valence-electron chi connectivity index (χ3n) is 1.67. The molecule has 0 aliphatic rings. The SMILES string of the molecule is N[C@@H](CCCCCO)CC(=O)O. The first-order valence-corrected chi connectivity index (χ1v) is 4.25. The quantitative estimate of drug-likeness (QED) is 0.487. The van der Waals surface area contributed by atoms with E-state index in [2.05, 4.69) is 0 Å². The van der Waals surface area contributed by atoms with Gasteiger partial charge in [0.1, 0.15) is 0 Å². The number of rotatable bonds is 7. The zero-order chi connectivity index (χ0) is 9.40. The highest BCUT2D eigenvalue weighted by Gasteiger charge is 2.06. The van der Waals surface area contributed by atoms with E-state index in [4.69, 9.17) is 15.9 Å². The van der Waals surface area contributed by atoms with Crippen LogP contribution < -0.4 is 5.73 Å². The second-order valence-electron chi connectivity index (χ2n) is 2.93. The van der Waals surface area contributed by atoms with Crippen LogP contribution in [0, 0.1) is 0 Å². The molecule has 4 N–H and O–H groups in total. The van der Waals surface area contributed by atoms with Crippen LogP contribution in [0.15, 0.2) is 0 Å². The Kier molecular flexibility index (Phi) is 6.70. The zero-order valence-electron chi connectivity index (χ0n) is 7.20. The summed E-state index contributed by atoms with van der Waals surface area (Å²) < 4.78 is 0. The van der Waals surface area contributed by atoms with Crippen molar-refractivity contribution < 1.29 is 15.0 Å². The second-order valence-corrected chi connectivity index (χ2v) is 2.93. The fourth-order valence-corrected chi connectivity index (χ4v) is 1.02. The van der Waals surface area contributed by atoms with Crippen molar-refractivity contribution in [3.8, 4) is 0 Å². The van der Waals surface area contributed by atoms with Crippen molar-refractivity contribution >= 4 is 5.97 Å². The number of nitrogens with two attached hydrogens (primary N) is 1. The fraction of sp³-hybridized carbons (Fsp3) is 0.875. The van der Waals surface area contributed by atoms with E-state index in [1.807, 2.05) is 0 Å². The van der Waals surface area contributed by atoms with E-state index in [-0.39, 0.29) is 19.1 Å². The number of unbranched alkanes of at least 4 members (excludes halogenated alkanes) is 2. The van der Waals surface area contributed by atoms with Gasteiger partial charge in [-0.25, -0.2) is 0 Å². The van der Waals surface area contributed by atoms with Crippen LogP contribution in [0.5, 0.6) is 0 Å². The predicted octanol–water partition coefficient (Wildman–Crippen LogP) is 0.341. The van der Waals surface area contributed by atoms with Crippen LogP contribution in [0.2, 0.25) is 0 Å². The Hall–Kier alpha value is -0.610. The van der Waals surface area contributed by atoms with Crippen LogP contribution in [0.4, 0.5) is 0 Å². The van der Waals surface area contributed by atoms with Crippen LogP contribution in [0.1, 0.15) is 32.1 Å². The van der Waals surface area contributed by atoms with Gasteiger partial charge in [0, 0.05) is 12.6 Å². The summed E-state index contributed by atoms with van der Waals surface area (Å²) in [6, 6.07) is -0.235. The highest BCUT2D eigenvalue weighted by atomic mass is 16.4. The zero-order valence-corrected chi connectivity index (χ0v) is 7.20. The Morgan fingerprint density at radius 3 is 2.50 bits per heavy atom. The third kappa shape index (κ3) is 7.50. The molecule has 0 rings (SSSR count). The van der Waals surface area contributed by atoms with Crippen molar-refractivity contribution in [3.63, 3.8) is 0 Å². The van der Waals surface area contributed by atoms with Crippen molar-refractivity contribution in [2.24, 2.45) is 5.73 Å². The number of carboxylic acid groups (broad SMARTS) is 1. The van der Waals surface area contributed by atoms with E-state index in [0.717, 1.165) is 25.7 Å². The molecule has 0 aromatic heterocycles. The van der Waals surface area contributed by atoms with Crippen molar-refractivity contribution in [2.75, 3.05) is 6.61 Å². The Morgan fingerprint density at radius 2 is 2.00 bits per heavy atom. The lowest BCUT2D eigenvalue weighted by Crippen LogP contribution is -2.23. The number of carbonyl (C=O) groups is 1. The van der Waals surface area contributed by atoms with Gasteiger partial charge in [-0.2, -0.15) is 0 Å². The Balaban J connectivity index is 3.19.